The first-order valence-corrected chi connectivity index (χ1v) is 7.42. The maximum Gasteiger partial charge on any atom is 0.242 e. The number of carbonyl (C=O) groups excluding carboxylic acids is 1. The monoisotopic (exact) mass is 253 g/mol. The largest absolute Gasteiger partial charge is 0.339 e. The van der Waals surface area contributed by atoms with E-state index < -0.39 is 0 Å². The number of rotatable bonds is 3. The molecule has 18 heavy (non-hydrogen) atoms. The first-order valence-electron chi connectivity index (χ1n) is 7.42. The predicted molar refractivity (Wildman–Crippen MR) is 73.5 cm³/mol. The lowest BCUT2D eigenvalue weighted by Gasteiger charge is -2.42. The molecule has 2 rings (SSSR count). The zero-order chi connectivity index (χ0) is 13.0. The van der Waals surface area contributed by atoms with Gasteiger partial charge in [-0.3, -0.25) is 4.79 Å². The van der Waals surface area contributed by atoms with Gasteiger partial charge in [0.25, 0.3) is 0 Å². The predicted octanol–water partition coefficient (Wildman–Crippen LogP) is 1.12. The molecule has 1 saturated heterocycles. The molecular weight excluding hydrogens is 226 g/mol. The van der Waals surface area contributed by atoms with Crippen LogP contribution >= 0.6 is 0 Å². The third-order valence-corrected chi connectivity index (χ3v) is 4.09. The van der Waals surface area contributed by atoms with Crippen molar-refractivity contribution in [2.24, 2.45) is 0 Å². The molecule has 2 fully saturated rings. The molecule has 0 aromatic heterocycles. The molecule has 0 aromatic carbocycles. The van der Waals surface area contributed by atoms with Crippen LogP contribution in [0.2, 0.25) is 0 Å². The lowest BCUT2D eigenvalue weighted by atomic mass is 9.80. The van der Waals surface area contributed by atoms with Gasteiger partial charge in [0.1, 0.15) is 0 Å². The molecule has 2 aliphatic rings. The van der Waals surface area contributed by atoms with Crippen LogP contribution in [-0.2, 0) is 4.79 Å². The van der Waals surface area contributed by atoms with Crippen molar-refractivity contribution in [3.8, 4) is 0 Å². The summed E-state index contributed by atoms with van der Waals surface area (Å²) in [5.74, 6) is 0.345. The molecule has 4 heteroatoms. The Balaban J connectivity index is 2.08. The fourth-order valence-corrected chi connectivity index (χ4v) is 3.30. The zero-order valence-electron chi connectivity index (χ0n) is 11.8. The van der Waals surface area contributed by atoms with Gasteiger partial charge in [0.15, 0.2) is 0 Å². The van der Waals surface area contributed by atoms with Crippen molar-refractivity contribution in [2.45, 2.75) is 57.5 Å². The molecule has 104 valence electrons. The van der Waals surface area contributed by atoms with Crippen molar-refractivity contribution in [3.63, 3.8) is 0 Å². The maximum absolute atomic E-state index is 12.8. The van der Waals surface area contributed by atoms with Crippen molar-refractivity contribution >= 4 is 5.91 Å². The fourth-order valence-electron chi connectivity index (χ4n) is 3.30. The first-order chi connectivity index (χ1) is 8.64. The van der Waals surface area contributed by atoms with E-state index in [1.54, 1.807) is 0 Å². The zero-order valence-corrected chi connectivity index (χ0v) is 11.8. The van der Waals surface area contributed by atoms with Crippen LogP contribution < -0.4 is 10.6 Å². The number of nitrogens with one attached hydrogen (secondary N) is 2. The summed E-state index contributed by atoms with van der Waals surface area (Å²) in [6.45, 7) is 7.87. The summed E-state index contributed by atoms with van der Waals surface area (Å²) in [7, 11) is 0. The molecule has 1 aliphatic heterocycles. The molecule has 1 amide bonds. The molecule has 1 aliphatic carbocycles. The molecule has 4 nitrogen and oxygen atoms in total. The molecular formula is C14H27N3O. The average molecular weight is 253 g/mol. The third kappa shape index (κ3) is 3.04. The van der Waals surface area contributed by atoms with Gasteiger partial charge in [-0.25, -0.2) is 0 Å². The third-order valence-electron chi connectivity index (χ3n) is 4.09. The summed E-state index contributed by atoms with van der Waals surface area (Å²) < 4.78 is 0. The van der Waals surface area contributed by atoms with Gasteiger partial charge in [0, 0.05) is 32.2 Å². The van der Waals surface area contributed by atoms with Gasteiger partial charge in [0.2, 0.25) is 5.91 Å². The standard InChI is InChI=1S/C14H27N3O/c1-12(2)16-14(6-4-3-5-7-14)13(18)17-10-8-15-9-11-17/h12,15-16H,3-11H2,1-2H3. The molecule has 0 unspecified atom stereocenters. The normalized spacial score (nSPS) is 24.3. The van der Waals surface area contributed by atoms with E-state index in [-0.39, 0.29) is 5.54 Å². The molecule has 0 radical (unpaired) electrons. The SMILES string of the molecule is CC(C)NC1(C(=O)N2CCNCC2)CCCCC1. The van der Waals surface area contributed by atoms with E-state index in [0.29, 0.717) is 11.9 Å². The second-order valence-electron chi connectivity index (χ2n) is 5.98. The van der Waals surface area contributed by atoms with Crippen LogP contribution in [0.15, 0.2) is 0 Å². The minimum atomic E-state index is -0.274. The highest BCUT2D eigenvalue weighted by atomic mass is 16.2. The van der Waals surface area contributed by atoms with Crippen molar-refractivity contribution in [2.75, 3.05) is 26.2 Å². The Hall–Kier alpha value is -0.610. The van der Waals surface area contributed by atoms with Crippen LogP contribution in [0.1, 0.15) is 46.0 Å². The molecule has 1 heterocycles. The smallest absolute Gasteiger partial charge is 0.242 e. The Bertz CT molecular complexity index is 279. The Labute approximate surface area is 110 Å². The van der Waals surface area contributed by atoms with Crippen molar-refractivity contribution in [1.82, 2.24) is 15.5 Å². The van der Waals surface area contributed by atoms with E-state index in [1.807, 2.05) is 0 Å². The lowest BCUT2D eigenvalue weighted by Crippen LogP contribution is -2.63. The lowest BCUT2D eigenvalue weighted by molar-refractivity contribution is -0.141. The summed E-state index contributed by atoms with van der Waals surface area (Å²) in [5.41, 5.74) is -0.274. The Kier molecular flexibility index (Phi) is 4.62. The second-order valence-corrected chi connectivity index (χ2v) is 5.98. The van der Waals surface area contributed by atoms with E-state index in [9.17, 15) is 4.79 Å². The van der Waals surface area contributed by atoms with Gasteiger partial charge in [-0.1, -0.05) is 19.3 Å². The maximum atomic E-state index is 12.8. The fraction of sp³-hybridized carbons (Fsp3) is 0.929. The highest BCUT2D eigenvalue weighted by Gasteiger charge is 2.42. The summed E-state index contributed by atoms with van der Waals surface area (Å²) in [6.07, 6.45) is 5.65. The Morgan fingerprint density at radius 3 is 2.33 bits per heavy atom. The van der Waals surface area contributed by atoms with E-state index in [0.717, 1.165) is 39.0 Å². The minimum Gasteiger partial charge on any atom is -0.339 e. The van der Waals surface area contributed by atoms with Gasteiger partial charge in [-0.2, -0.15) is 0 Å². The van der Waals surface area contributed by atoms with E-state index in [1.165, 1.54) is 19.3 Å². The van der Waals surface area contributed by atoms with Crippen LogP contribution in [0.5, 0.6) is 0 Å². The number of piperazine rings is 1. The summed E-state index contributed by atoms with van der Waals surface area (Å²) in [6, 6.07) is 0.370. The van der Waals surface area contributed by atoms with Crippen LogP contribution in [0, 0.1) is 0 Å². The van der Waals surface area contributed by atoms with Crippen LogP contribution in [0.3, 0.4) is 0 Å². The van der Waals surface area contributed by atoms with Crippen molar-refractivity contribution in [1.29, 1.82) is 0 Å². The highest BCUT2D eigenvalue weighted by Crippen LogP contribution is 2.30. The first kappa shape index (κ1) is 13.8. The average Bonchev–Trinajstić information content (AvgIpc) is 2.39. The quantitative estimate of drug-likeness (QED) is 0.792. The topological polar surface area (TPSA) is 44.4 Å². The van der Waals surface area contributed by atoms with Gasteiger partial charge in [-0.05, 0) is 26.7 Å². The second kappa shape index (κ2) is 6.02. The molecule has 0 aromatic rings. The van der Waals surface area contributed by atoms with Crippen molar-refractivity contribution in [3.05, 3.63) is 0 Å². The van der Waals surface area contributed by atoms with Crippen LogP contribution in [-0.4, -0.2) is 48.6 Å². The summed E-state index contributed by atoms with van der Waals surface area (Å²) in [4.78, 5) is 14.9. The molecule has 0 spiro atoms. The van der Waals surface area contributed by atoms with E-state index >= 15 is 0 Å². The number of carbonyl (C=O) groups is 1. The number of hydrogen-bond acceptors (Lipinski definition) is 3. The number of amides is 1. The van der Waals surface area contributed by atoms with Crippen LogP contribution in [0.4, 0.5) is 0 Å². The van der Waals surface area contributed by atoms with Gasteiger partial charge in [0.05, 0.1) is 5.54 Å². The minimum absolute atomic E-state index is 0.274. The van der Waals surface area contributed by atoms with E-state index in [4.69, 9.17) is 0 Å². The summed E-state index contributed by atoms with van der Waals surface area (Å²) >= 11 is 0. The molecule has 2 N–H and O–H groups in total. The number of hydrogen-bond donors (Lipinski definition) is 2. The van der Waals surface area contributed by atoms with Crippen molar-refractivity contribution < 1.29 is 4.79 Å². The number of nitrogens with zero attached hydrogens (tertiary/aromatic N) is 1. The highest BCUT2D eigenvalue weighted by molar-refractivity contribution is 5.86. The summed E-state index contributed by atoms with van der Waals surface area (Å²) in [5, 5.41) is 6.89. The molecule has 0 atom stereocenters. The van der Waals surface area contributed by atoms with Gasteiger partial charge >= 0.3 is 0 Å². The van der Waals surface area contributed by atoms with Gasteiger partial charge < -0.3 is 15.5 Å². The molecule has 1 saturated carbocycles. The Morgan fingerprint density at radius 2 is 1.78 bits per heavy atom. The van der Waals surface area contributed by atoms with Gasteiger partial charge in [-0.15, -0.1) is 0 Å². The molecule has 0 bridgehead atoms. The van der Waals surface area contributed by atoms with E-state index in [2.05, 4.69) is 29.4 Å². The Morgan fingerprint density at radius 1 is 1.17 bits per heavy atom. The van der Waals surface area contributed by atoms with Crippen LogP contribution in [0.25, 0.3) is 0 Å².